The summed E-state index contributed by atoms with van der Waals surface area (Å²) in [5.41, 5.74) is 2.74. The Morgan fingerprint density at radius 2 is 1.92 bits per heavy atom. The van der Waals surface area contributed by atoms with Crippen molar-refractivity contribution in [1.29, 1.82) is 0 Å². The molecule has 0 aliphatic heterocycles. The van der Waals surface area contributed by atoms with Crippen molar-refractivity contribution < 1.29 is 9.52 Å². The Balaban J connectivity index is 1.52. The Bertz CT molecular complexity index is 1580. The normalized spacial score (nSPS) is 12.2. The number of fused-ring (bicyclic) bond motifs is 1. The van der Waals surface area contributed by atoms with Crippen molar-refractivity contribution in [2.24, 2.45) is 0 Å². The molecule has 0 bridgehead atoms. The average Bonchev–Trinajstić information content (AvgIpc) is 3.55. The van der Waals surface area contributed by atoms with Crippen LogP contribution in [-0.4, -0.2) is 41.2 Å². The van der Waals surface area contributed by atoms with E-state index in [1.54, 1.807) is 29.1 Å². The molecule has 4 heterocycles. The number of benzene rings is 1. The first-order chi connectivity index (χ1) is 18.5. The number of nitrogens with zero attached hydrogens (tertiary/aromatic N) is 6. The molecule has 5 aromatic rings. The van der Waals surface area contributed by atoms with Gasteiger partial charge in [0.15, 0.2) is 5.65 Å². The van der Waals surface area contributed by atoms with Crippen LogP contribution < -0.4 is 16.2 Å². The Kier molecular flexibility index (Phi) is 7.18. The summed E-state index contributed by atoms with van der Waals surface area (Å²) in [6, 6.07) is 14.7. The predicted octanol–water partition coefficient (Wildman–Crippen LogP) is 4.52. The second-order valence-electron chi connectivity index (χ2n) is 9.21. The fraction of sp³-hybridized carbons (Fsp3) is 0.296. The molecule has 11 nitrogen and oxygen atoms in total. The minimum atomic E-state index is -0.374. The number of hydrogen-bond acceptors (Lipinski definition) is 9. The summed E-state index contributed by atoms with van der Waals surface area (Å²) in [6.07, 6.45) is 3.72. The number of pyridine rings is 2. The van der Waals surface area contributed by atoms with Crippen LogP contribution in [0.1, 0.15) is 44.8 Å². The molecule has 5 rings (SSSR count). The van der Waals surface area contributed by atoms with Crippen molar-refractivity contribution in [2.45, 2.75) is 45.8 Å². The average molecular weight is 515 g/mol. The number of aliphatic hydroxyl groups is 1. The summed E-state index contributed by atoms with van der Waals surface area (Å²) in [5, 5.41) is 25.1. The first-order valence-corrected chi connectivity index (χ1v) is 12.6. The third-order valence-corrected chi connectivity index (χ3v) is 6.21. The number of aromatic nitrogens is 6. The maximum Gasteiger partial charge on any atom is 0.276 e. The topological polar surface area (TPSA) is 136 Å². The lowest BCUT2D eigenvalue weighted by atomic mass is 10.1. The van der Waals surface area contributed by atoms with Gasteiger partial charge in [0.05, 0.1) is 29.3 Å². The van der Waals surface area contributed by atoms with E-state index in [1.165, 1.54) is 6.39 Å². The molecule has 3 N–H and O–H groups in total. The highest BCUT2D eigenvalue weighted by Crippen LogP contribution is 2.32. The van der Waals surface area contributed by atoms with Crippen LogP contribution in [0.25, 0.3) is 22.5 Å². The molecule has 0 saturated carbocycles. The third-order valence-electron chi connectivity index (χ3n) is 6.21. The van der Waals surface area contributed by atoms with Crippen molar-refractivity contribution in [3.8, 4) is 11.5 Å². The summed E-state index contributed by atoms with van der Waals surface area (Å²) in [5.74, 6) is 1.36. The Hall–Kier alpha value is -4.51. The van der Waals surface area contributed by atoms with Gasteiger partial charge >= 0.3 is 0 Å². The van der Waals surface area contributed by atoms with Crippen molar-refractivity contribution in [3.63, 3.8) is 0 Å². The molecule has 0 unspecified atom stereocenters. The van der Waals surface area contributed by atoms with E-state index in [-0.39, 0.29) is 24.2 Å². The van der Waals surface area contributed by atoms with Crippen LogP contribution in [0.5, 0.6) is 0 Å². The molecule has 0 radical (unpaired) electrons. The molecule has 0 aliphatic rings. The molecule has 196 valence electrons. The number of anilines is 3. The third kappa shape index (κ3) is 4.88. The largest absolute Gasteiger partial charge is 0.423 e. The van der Waals surface area contributed by atoms with Gasteiger partial charge in [-0.15, -0.1) is 10.2 Å². The minimum absolute atomic E-state index is 0.0425. The van der Waals surface area contributed by atoms with E-state index in [2.05, 4.69) is 25.8 Å². The van der Waals surface area contributed by atoms with Crippen LogP contribution >= 0.6 is 0 Å². The van der Waals surface area contributed by atoms with E-state index < -0.39 is 0 Å². The summed E-state index contributed by atoms with van der Waals surface area (Å²) >= 11 is 0. The van der Waals surface area contributed by atoms with E-state index in [0.717, 1.165) is 12.0 Å². The first-order valence-electron chi connectivity index (χ1n) is 12.6. The summed E-state index contributed by atoms with van der Waals surface area (Å²) in [7, 11) is 0. The van der Waals surface area contributed by atoms with Crippen molar-refractivity contribution >= 4 is 28.4 Å². The zero-order valence-electron chi connectivity index (χ0n) is 21.5. The SMILES string of the molecule is CCCn1c(=O)c2ccc(Nc3cc(N[C@H](CO)c4ccccc4)c(-c4nnco4)cn3)nc2n1C(C)C. The summed E-state index contributed by atoms with van der Waals surface area (Å²) < 4.78 is 9.12. The number of hydrogen-bond donors (Lipinski definition) is 3. The Morgan fingerprint density at radius 1 is 1.11 bits per heavy atom. The molecular formula is C27H30N8O3. The number of rotatable bonds is 10. The maximum atomic E-state index is 13.0. The number of nitrogens with one attached hydrogen (secondary N) is 2. The molecule has 11 heteroatoms. The van der Waals surface area contributed by atoms with E-state index in [9.17, 15) is 9.90 Å². The molecule has 0 amide bonds. The Morgan fingerprint density at radius 3 is 2.61 bits per heavy atom. The molecular weight excluding hydrogens is 484 g/mol. The van der Waals surface area contributed by atoms with Gasteiger partial charge in [-0.2, -0.15) is 0 Å². The van der Waals surface area contributed by atoms with Gasteiger partial charge in [-0.1, -0.05) is 37.3 Å². The molecule has 0 fully saturated rings. The molecule has 0 spiro atoms. The molecule has 0 aliphatic carbocycles. The predicted molar refractivity (Wildman–Crippen MR) is 145 cm³/mol. The monoisotopic (exact) mass is 514 g/mol. The summed E-state index contributed by atoms with van der Waals surface area (Å²) in [6.45, 7) is 6.61. The molecule has 0 saturated heterocycles. The molecule has 38 heavy (non-hydrogen) atoms. The van der Waals surface area contributed by atoms with Crippen molar-refractivity contribution in [2.75, 3.05) is 17.2 Å². The fourth-order valence-electron chi connectivity index (χ4n) is 4.50. The quantitative estimate of drug-likeness (QED) is 0.246. The molecule has 1 aromatic carbocycles. The van der Waals surface area contributed by atoms with E-state index in [0.29, 0.717) is 46.4 Å². The van der Waals surface area contributed by atoms with E-state index in [1.807, 2.05) is 55.8 Å². The van der Waals surface area contributed by atoms with Gasteiger partial charge in [-0.25, -0.2) is 14.6 Å². The zero-order chi connectivity index (χ0) is 26.6. The highest BCUT2D eigenvalue weighted by Gasteiger charge is 2.19. The highest BCUT2D eigenvalue weighted by molar-refractivity contribution is 5.79. The van der Waals surface area contributed by atoms with Crippen LogP contribution in [0.2, 0.25) is 0 Å². The van der Waals surface area contributed by atoms with Crippen LogP contribution in [0, 0.1) is 0 Å². The summed E-state index contributed by atoms with van der Waals surface area (Å²) in [4.78, 5) is 22.3. The van der Waals surface area contributed by atoms with Gasteiger partial charge in [0.25, 0.3) is 11.4 Å². The molecule has 4 aromatic heterocycles. The van der Waals surface area contributed by atoms with Gasteiger partial charge in [-0.3, -0.25) is 9.48 Å². The smallest absolute Gasteiger partial charge is 0.276 e. The van der Waals surface area contributed by atoms with Crippen molar-refractivity contribution in [3.05, 3.63) is 77.0 Å². The van der Waals surface area contributed by atoms with Crippen LogP contribution in [0.3, 0.4) is 0 Å². The molecule has 1 atom stereocenters. The van der Waals surface area contributed by atoms with Gasteiger partial charge in [0, 0.05) is 24.8 Å². The first kappa shape index (κ1) is 25.2. The lowest BCUT2D eigenvalue weighted by Crippen LogP contribution is -2.24. The van der Waals surface area contributed by atoms with Gasteiger partial charge < -0.3 is 20.2 Å². The fourth-order valence-corrected chi connectivity index (χ4v) is 4.50. The van der Waals surface area contributed by atoms with Crippen LogP contribution in [0.15, 0.2) is 70.3 Å². The second-order valence-corrected chi connectivity index (χ2v) is 9.21. The lowest BCUT2D eigenvalue weighted by molar-refractivity contribution is 0.276. The van der Waals surface area contributed by atoms with Gasteiger partial charge in [0.1, 0.15) is 11.6 Å². The lowest BCUT2D eigenvalue weighted by Gasteiger charge is -2.20. The van der Waals surface area contributed by atoms with E-state index >= 15 is 0 Å². The highest BCUT2D eigenvalue weighted by atomic mass is 16.4. The second kappa shape index (κ2) is 10.9. The van der Waals surface area contributed by atoms with Gasteiger partial charge in [-0.05, 0) is 38.0 Å². The maximum absolute atomic E-state index is 13.0. The van der Waals surface area contributed by atoms with Crippen LogP contribution in [0.4, 0.5) is 17.3 Å². The number of aliphatic hydroxyl groups excluding tert-OH is 1. The van der Waals surface area contributed by atoms with Gasteiger partial charge in [0.2, 0.25) is 6.39 Å². The minimum Gasteiger partial charge on any atom is -0.423 e. The Labute approximate surface area is 219 Å². The standard InChI is InChI=1S/C27H30N8O3/c1-4-12-34-27(37)19-10-11-23(32-25(19)35(34)17(2)3)31-24-13-21(20(14-28-24)26-33-29-16-38-26)30-22(15-36)18-8-6-5-7-9-18/h5-11,13-14,16-17,22,36H,4,12,15H2,1-3H3,(H2,28,30,31,32)/t22-/m1/s1. The van der Waals surface area contributed by atoms with E-state index in [4.69, 9.17) is 9.40 Å². The zero-order valence-corrected chi connectivity index (χ0v) is 21.5. The van der Waals surface area contributed by atoms with Crippen LogP contribution in [-0.2, 0) is 6.54 Å². The van der Waals surface area contributed by atoms with Crippen molar-refractivity contribution in [1.82, 2.24) is 29.5 Å².